The number of aromatic amines is 1. The van der Waals surface area contributed by atoms with E-state index in [-0.39, 0.29) is 24.8 Å². The second-order valence-electron chi connectivity index (χ2n) is 8.83. The molecule has 3 N–H and O–H groups in total. The Hall–Kier alpha value is -4.25. The molecule has 1 aromatic carbocycles. The summed E-state index contributed by atoms with van der Waals surface area (Å²) in [5.41, 5.74) is 2.51. The van der Waals surface area contributed by atoms with Crippen LogP contribution in [0.2, 0.25) is 0 Å². The van der Waals surface area contributed by atoms with Crippen LogP contribution in [-0.4, -0.2) is 72.5 Å². The largest absolute Gasteiger partial charge is 0.465 e. The Bertz CT molecular complexity index is 1170. The number of benzene rings is 1. The average molecular weight is 506 g/mol. The number of aromatic nitrogens is 3. The van der Waals surface area contributed by atoms with E-state index >= 15 is 0 Å². The lowest BCUT2D eigenvalue weighted by molar-refractivity contribution is -0.140. The van der Waals surface area contributed by atoms with Gasteiger partial charge in [0.2, 0.25) is 5.91 Å². The van der Waals surface area contributed by atoms with Gasteiger partial charge in [0, 0.05) is 63.3 Å². The number of pyridine rings is 1. The van der Waals surface area contributed by atoms with Gasteiger partial charge in [-0.05, 0) is 42.7 Å². The maximum Gasteiger partial charge on any atom is 0.404 e. The van der Waals surface area contributed by atoms with Gasteiger partial charge in [-0.2, -0.15) is 0 Å². The molecule has 0 atom stereocenters. The van der Waals surface area contributed by atoms with E-state index in [0.717, 1.165) is 17.1 Å². The molecule has 0 spiro atoms. The van der Waals surface area contributed by atoms with Gasteiger partial charge in [-0.1, -0.05) is 18.2 Å². The summed E-state index contributed by atoms with van der Waals surface area (Å²) in [6.45, 7) is 3.06. The fraction of sp³-hybridized carbons (Fsp3) is 0.346. The molecule has 3 amide bonds. The van der Waals surface area contributed by atoms with Gasteiger partial charge < -0.3 is 15.4 Å². The van der Waals surface area contributed by atoms with Crippen LogP contribution in [0.15, 0.2) is 61.1 Å². The number of hydrogen-bond donors (Lipinski definition) is 3. The molecule has 37 heavy (non-hydrogen) atoms. The molecule has 0 bridgehead atoms. The lowest BCUT2D eigenvalue weighted by atomic mass is 10.1. The van der Waals surface area contributed by atoms with Crippen molar-refractivity contribution in [2.45, 2.75) is 38.9 Å². The van der Waals surface area contributed by atoms with Crippen LogP contribution < -0.4 is 5.32 Å². The van der Waals surface area contributed by atoms with Crippen molar-refractivity contribution in [1.82, 2.24) is 35.2 Å². The molecule has 11 heteroatoms. The first-order valence-electron chi connectivity index (χ1n) is 12.3. The molecule has 0 aliphatic carbocycles. The SMILES string of the molecule is O=C(O)NCCCC(=O)N1CCCN1C(=O)c1ccc(CN(Cc2ccccn2)Cc2ncc[nH]2)cc1. The first-order valence-corrected chi connectivity index (χ1v) is 12.3. The number of nitrogens with zero attached hydrogens (tertiary/aromatic N) is 5. The lowest BCUT2D eigenvalue weighted by Crippen LogP contribution is -2.45. The van der Waals surface area contributed by atoms with Crippen LogP contribution in [0.3, 0.4) is 0 Å². The van der Waals surface area contributed by atoms with Gasteiger partial charge in [-0.3, -0.25) is 24.5 Å². The molecule has 3 aromatic rings. The maximum atomic E-state index is 13.2. The van der Waals surface area contributed by atoms with E-state index in [1.165, 1.54) is 10.0 Å². The Kier molecular flexibility index (Phi) is 8.82. The molecule has 0 unspecified atom stereocenters. The molecule has 11 nitrogen and oxygen atoms in total. The third kappa shape index (κ3) is 7.37. The zero-order chi connectivity index (χ0) is 26.0. The highest BCUT2D eigenvalue weighted by Gasteiger charge is 2.30. The van der Waals surface area contributed by atoms with Crippen molar-refractivity contribution < 1.29 is 19.5 Å². The number of H-pyrrole nitrogens is 1. The Labute approximate surface area is 215 Å². The minimum Gasteiger partial charge on any atom is -0.465 e. The van der Waals surface area contributed by atoms with Crippen molar-refractivity contribution in [3.63, 3.8) is 0 Å². The lowest BCUT2D eigenvalue weighted by Gasteiger charge is -2.28. The van der Waals surface area contributed by atoms with Crippen LogP contribution in [0.5, 0.6) is 0 Å². The van der Waals surface area contributed by atoms with Gasteiger partial charge >= 0.3 is 6.09 Å². The average Bonchev–Trinajstić information content (AvgIpc) is 3.59. The molecule has 1 fully saturated rings. The number of hydrazine groups is 1. The third-order valence-corrected chi connectivity index (χ3v) is 6.04. The summed E-state index contributed by atoms with van der Waals surface area (Å²) in [6, 6.07) is 13.3. The third-order valence-electron chi connectivity index (χ3n) is 6.04. The van der Waals surface area contributed by atoms with E-state index in [1.54, 1.807) is 30.7 Å². The van der Waals surface area contributed by atoms with Crippen LogP contribution >= 0.6 is 0 Å². The number of rotatable bonds is 11. The smallest absolute Gasteiger partial charge is 0.404 e. The Morgan fingerprint density at radius 2 is 1.78 bits per heavy atom. The molecule has 1 saturated heterocycles. The fourth-order valence-electron chi connectivity index (χ4n) is 4.29. The second kappa shape index (κ2) is 12.6. The van der Waals surface area contributed by atoms with Gasteiger partial charge in [0.15, 0.2) is 0 Å². The minimum absolute atomic E-state index is 0.171. The van der Waals surface area contributed by atoms with E-state index in [4.69, 9.17) is 5.11 Å². The number of carboxylic acid groups (broad SMARTS) is 1. The van der Waals surface area contributed by atoms with E-state index in [1.807, 2.05) is 30.3 Å². The molecule has 2 aromatic heterocycles. The van der Waals surface area contributed by atoms with Crippen molar-refractivity contribution in [2.75, 3.05) is 19.6 Å². The van der Waals surface area contributed by atoms with E-state index in [0.29, 0.717) is 51.1 Å². The summed E-state index contributed by atoms with van der Waals surface area (Å²) in [5, 5.41) is 13.9. The van der Waals surface area contributed by atoms with Crippen LogP contribution in [0.1, 0.15) is 46.7 Å². The van der Waals surface area contributed by atoms with Gasteiger partial charge in [-0.15, -0.1) is 0 Å². The molecule has 0 radical (unpaired) electrons. The molecule has 3 heterocycles. The van der Waals surface area contributed by atoms with Crippen molar-refractivity contribution in [3.05, 3.63) is 83.7 Å². The zero-order valence-corrected chi connectivity index (χ0v) is 20.5. The molecule has 0 saturated carbocycles. The first-order chi connectivity index (χ1) is 18.0. The summed E-state index contributed by atoms with van der Waals surface area (Å²) >= 11 is 0. The predicted octanol–water partition coefficient (Wildman–Crippen LogP) is 2.64. The van der Waals surface area contributed by atoms with Crippen LogP contribution in [-0.2, 0) is 24.4 Å². The second-order valence-corrected chi connectivity index (χ2v) is 8.83. The number of amides is 3. The summed E-state index contributed by atoms with van der Waals surface area (Å²) in [7, 11) is 0. The quantitative estimate of drug-likeness (QED) is 0.341. The normalized spacial score (nSPS) is 13.2. The predicted molar refractivity (Wildman–Crippen MR) is 135 cm³/mol. The monoisotopic (exact) mass is 505 g/mol. The molecule has 1 aliphatic rings. The first kappa shape index (κ1) is 25.8. The Morgan fingerprint density at radius 3 is 2.49 bits per heavy atom. The fourth-order valence-corrected chi connectivity index (χ4v) is 4.29. The van der Waals surface area contributed by atoms with E-state index in [2.05, 4.69) is 25.2 Å². The highest BCUT2D eigenvalue weighted by atomic mass is 16.4. The van der Waals surface area contributed by atoms with Crippen molar-refractivity contribution >= 4 is 17.9 Å². The topological polar surface area (TPSA) is 135 Å². The number of nitrogens with one attached hydrogen (secondary N) is 2. The van der Waals surface area contributed by atoms with Crippen molar-refractivity contribution in [2.24, 2.45) is 0 Å². The van der Waals surface area contributed by atoms with Crippen molar-refractivity contribution in [3.8, 4) is 0 Å². The van der Waals surface area contributed by atoms with E-state index in [9.17, 15) is 14.4 Å². The molecule has 1 aliphatic heterocycles. The summed E-state index contributed by atoms with van der Waals surface area (Å²) < 4.78 is 0. The Balaban J connectivity index is 1.37. The molecule has 194 valence electrons. The summed E-state index contributed by atoms with van der Waals surface area (Å²) in [6.07, 6.45) is 5.45. The van der Waals surface area contributed by atoms with E-state index < -0.39 is 6.09 Å². The molecule has 4 rings (SSSR count). The summed E-state index contributed by atoms with van der Waals surface area (Å²) in [4.78, 5) is 50.5. The van der Waals surface area contributed by atoms with Crippen LogP contribution in [0.4, 0.5) is 4.79 Å². The van der Waals surface area contributed by atoms with Gasteiger partial charge in [0.25, 0.3) is 5.91 Å². The molecular formula is C26H31N7O4. The van der Waals surface area contributed by atoms with Gasteiger partial charge in [0.1, 0.15) is 5.82 Å². The number of carbonyl (C=O) groups excluding carboxylic acids is 2. The number of carbonyl (C=O) groups is 3. The molecular weight excluding hydrogens is 474 g/mol. The maximum absolute atomic E-state index is 13.2. The standard InChI is InChI=1S/C26H31N7O4/c34-24(6-3-12-30-26(36)37)32-15-4-16-33(32)25(35)21-9-7-20(8-10-21)17-31(19-23-28-13-14-29-23)18-22-5-1-2-11-27-22/h1-2,5,7-11,13-14,30H,3-4,6,12,15-19H2,(H,28,29)(H,36,37). The highest BCUT2D eigenvalue weighted by molar-refractivity contribution is 5.95. The summed E-state index contributed by atoms with van der Waals surface area (Å²) in [5.74, 6) is 0.458. The zero-order valence-electron chi connectivity index (χ0n) is 20.5. The van der Waals surface area contributed by atoms with Crippen LogP contribution in [0, 0.1) is 0 Å². The minimum atomic E-state index is -1.12. The van der Waals surface area contributed by atoms with Gasteiger partial charge in [-0.25, -0.2) is 14.8 Å². The number of hydrogen-bond acceptors (Lipinski definition) is 6. The number of imidazole rings is 1. The van der Waals surface area contributed by atoms with Crippen molar-refractivity contribution in [1.29, 1.82) is 0 Å². The highest BCUT2D eigenvalue weighted by Crippen LogP contribution is 2.18. The Morgan fingerprint density at radius 1 is 0.973 bits per heavy atom. The van der Waals surface area contributed by atoms with Crippen LogP contribution in [0.25, 0.3) is 0 Å². The van der Waals surface area contributed by atoms with Gasteiger partial charge in [0.05, 0.1) is 12.2 Å².